The van der Waals surface area contributed by atoms with E-state index in [-0.39, 0.29) is 5.91 Å². The van der Waals surface area contributed by atoms with Gasteiger partial charge in [0, 0.05) is 17.9 Å². The molecular formula is C17H21N3O. The molecule has 4 nitrogen and oxygen atoms in total. The number of pyridine rings is 1. The SMILES string of the molecule is Cc1cccc(N(CCCN)C(=O)c2cccc(C)n2)c1. The van der Waals surface area contributed by atoms with Crippen molar-refractivity contribution in [1.29, 1.82) is 0 Å². The van der Waals surface area contributed by atoms with Gasteiger partial charge < -0.3 is 10.6 Å². The van der Waals surface area contributed by atoms with Gasteiger partial charge in [0.25, 0.3) is 5.91 Å². The lowest BCUT2D eigenvalue weighted by Gasteiger charge is -2.23. The first-order valence-corrected chi connectivity index (χ1v) is 7.14. The number of hydrogen-bond acceptors (Lipinski definition) is 3. The molecule has 4 heteroatoms. The van der Waals surface area contributed by atoms with Gasteiger partial charge in [-0.15, -0.1) is 0 Å². The number of amides is 1. The Morgan fingerprint density at radius 2 is 1.95 bits per heavy atom. The minimum Gasteiger partial charge on any atom is -0.330 e. The fourth-order valence-electron chi connectivity index (χ4n) is 2.19. The molecule has 110 valence electrons. The van der Waals surface area contributed by atoms with Crippen molar-refractivity contribution in [2.75, 3.05) is 18.0 Å². The number of hydrogen-bond donors (Lipinski definition) is 1. The van der Waals surface area contributed by atoms with Crippen LogP contribution in [0.2, 0.25) is 0 Å². The Morgan fingerprint density at radius 3 is 2.62 bits per heavy atom. The van der Waals surface area contributed by atoms with Crippen LogP contribution in [0.5, 0.6) is 0 Å². The summed E-state index contributed by atoms with van der Waals surface area (Å²) in [6.07, 6.45) is 0.755. The molecule has 0 aliphatic rings. The van der Waals surface area contributed by atoms with Crippen LogP contribution < -0.4 is 10.6 Å². The van der Waals surface area contributed by atoms with Crippen LogP contribution in [-0.2, 0) is 0 Å². The van der Waals surface area contributed by atoms with Crippen molar-refractivity contribution < 1.29 is 4.79 Å². The Morgan fingerprint density at radius 1 is 1.19 bits per heavy atom. The van der Waals surface area contributed by atoms with Gasteiger partial charge in [-0.1, -0.05) is 18.2 Å². The summed E-state index contributed by atoms with van der Waals surface area (Å²) in [6, 6.07) is 13.4. The zero-order valence-corrected chi connectivity index (χ0v) is 12.5. The van der Waals surface area contributed by atoms with Gasteiger partial charge in [-0.25, -0.2) is 4.98 Å². The lowest BCUT2D eigenvalue weighted by molar-refractivity contribution is 0.0982. The number of aromatic nitrogens is 1. The highest BCUT2D eigenvalue weighted by atomic mass is 16.2. The number of anilines is 1. The lowest BCUT2D eigenvalue weighted by atomic mass is 10.2. The summed E-state index contributed by atoms with van der Waals surface area (Å²) >= 11 is 0. The van der Waals surface area contributed by atoms with E-state index in [1.807, 2.05) is 50.2 Å². The summed E-state index contributed by atoms with van der Waals surface area (Å²) in [4.78, 5) is 18.8. The Labute approximate surface area is 125 Å². The summed E-state index contributed by atoms with van der Waals surface area (Å²) in [5, 5.41) is 0. The second-order valence-corrected chi connectivity index (χ2v) is 5.10. The third-order valence-corrected chi connectivity index (χ3v) is 3.25. The molecule has 0 bridgehead atoms. The fourth-order valence-corrected chi connectivity index (χ4v) is 2.19. The quantitative estimate of drug-likeness (QED) is 0.917. The molecule has 2 N–H and O–H groups in total. The van der Waals surface area contributed by atoms with Crippen LogP contribution in [0, 0.1) is 13.8 Å². The van der Waals surface area contributed by atoms with Crippen LogP contribution in [-0.4, -0.2) is 24.0 Å². The van der Waals surface area contributed by atoms with Gasteiger partial charge in [-0.2, -0.15) is 0 Å². The maximum absolute atomic E-state index is 12.7. The molecule has 1 aromatic heterocycles. The highest BCUT2D eigenvalue weighted by Crippen LogP contribution is 2.18. The van der Waals surface area contributed by atoms with Crippen molar-refractivity contribution in [2.24, 2.45) is 5.73 Å². The van der Waals surface area contributed by atoms with E-state index < -0.39 is 0 Å². The predicted molar refractivity (Wildman–Crippen MR) is 85.5 cm³/mol. The molecule has 0 radical (unpaired) electrons. The topological polar surface area (TPSA) is 59.2 Å². The van der Waals surface area contributed by atoms with Gasteiger partial charge in [0.15, 0.2) is 0 Å². The van der Waals surface area contributed by atoms with Crippen molar-refractivity contribution in [3.05, 3.63) is 59.4 Å². The van der Waals surface area contributed by atoms with E-state index in [4.69, 9.17) is 5.73 Å². The Hall–Kier alpha value is -2.20. The molecular weight excluding hydrogens is 262 g/mol. The summed E-state index contributed by atoms with van der Waals surface area (Å²) < 4.78 is 0. The first-order valence-electron chi connectivity index (χ1n) is 7.14. The largest absolute Gasteiger partial charge is 0.330 e. The van der Waals surface area contributed by atoms with E-state index in [0.29, 0.717) is 18.8 Å². The first kappa shape index (κ1) is 15.2. The standard InChI is InChI=1S/C17H21N3O/c1-13-6-3-8-15(12-13)20(11-5-10-18)17(21)16-9-4-7-14(2)19-16/h3-4,6-9,12H,5,10-11,18H2,1-2H3. The molecule has 0 aliphatic carbocycles. The summed E-state index contributed by atoms with van der Waals surface area (Å²) in [5.74, 6) is -0.0854. The summed E-state index contributed by atoms with van der Waals surface area (Å²) in [7, 11) is 0. The maximum Gasteiger partial charge on any atom is 0.276 e. The second kappa shape index (κ2) is 6.99. The fraction of sp³-hybridized carbons (Fsp3) is 0.294. The van der Waals surface area contributed by atoms with Crippen LogP contribution in [0.25, 0.3) is 0 Å². The molecule has 2 aromatic rings. The number of aryl methyl sites for hydroxylation is 2. The van der Waals surface area contributed by atoms with Crippen LogP contribution in [0.3, 0.4) is 0 Å². The van der Waals surface area contributed by atoms with Crippen molar-refractivity contribution in [3.8, 4) is 0 Å². The van der Waals surface area contributed by atoms with Crippen LogP contribution in [0.15, 0.2) is 42.5 Å². The van der Waals surface area contributed by atoms with Crippen molar-refractivity contribution in [1.82, 2.24) is 4.98 Å². The normalized spacial score (nSPS) is 10.4. The molecule has 2 rings (SSSR count). The molecule has 1 heterocycles. The van der Waals surface area contributed by atoms with Gasteiger partial charge in [-0.3, -0.25) is 4.79 Å². The van der Waals surface area contributed by atoms with Crippen LogP contribution >= 0.6 is 0 Å². The van der Waals surface area contributed by atoms with E-state index in [2.05, 4.69) is 4.98 Å². The lowest BCUT2D eigenvalue weighted by Crippen LogP contribution is -2.33. The minimum absolute atomic E-state index is 0.0854. The highest BCUT2D eigenvalue weighted by molar-refractivity contribution is 6.04. The number of nitrogens with zero attached hydrogens (tertiary/aromatic N) is 2. The number of carbonyl (C=O) groups excluding carboxylic acids is 1. The van der Waals surface area contributed by atoms with Gasteiger partial charge in [0.05, 0.1) is 0 Å². The van der Waals surface area contributed by atoms with Crippen LogP contribution in [0.1, 0.15) is 28.2 Å². The minimum atomic E-state index is -0.0854. The Kier molecular flexibility index (Phi) is 5.06. The number of benzene rings is 1. The highest BCUT2D eigenvalue weighted by Gasteiger charge is 2.18. The third-order valence-electron chi connectivity index (χ3n) is 3.25. The summed E-state index contributed by atoms with van der Waals surface area (Å²) in [6.45, 7) is 5.04. The van der Waals surface area contributed by atoms with E-state index >= 15 is 0 Å². The zero-order chi connectivity index (χ0) is 15.2. The van der Waals surface area contributed by atoms with Gasteiger partial charge >= 0.3 is 0 Å². The zero-order valence-electron chi connectivity index (χ0n) is 12.5. The molecule has 0 atom stereocenters. The van der Waals surface area contributed by atoms with Gasteiger partial charge in [-0.05, 0) is 56.6 Å². The molecule has 0 unspecified atom stereocenters. The smallest absolute Gasteiger partial charge is 0.276 e. The monoisotopic (exact) mass is 283 g/mol. The number of rotatable bonds is 5. The number of nitrogens with two attached hydrogens (primary N) is 1. The van der Waals surface area contributed by atoms with Gasteiger partial charge in [0.2, 0.25) is 0 Å². The molecule has 0 saturated carbocycles. The molecule has 0 saturated heterocycles. The second-order valence-electron chi connectivity index (χ2n) is 5.10. The molecule has 0 spiro atoms. The maximum atomic E-state index is 12.7. The van der Waals surface area contributed by atoms with E-state index in [1.165, 1.54) is 0 Å². The Bertz CT molecular complexity index is 625. The van der Waals surface area contributed by atoms with Crippen molar-refractivity contribution in [3.63, 3.8) is 0 Å². The molecule has 1 amide bonds. The first-order chi connectivity index (χ1) is 10.1. The average Bonchev–Trinajstić information content (AvgIpc) is 2.47. The average molecular weight is 283 g/mol. The van der Waals surface area contributed by atoms with Crippen LogP contribution in [0.4, 0.5) is 5.69 Å². The molecule has 0 fully saturated rings. The predicted octanol–water partition coefficient (Wildman–Crippen LogP) is 2.69. The van der Waals surface area contributed by atoms with Crippen molar-refractivity contribution >= 4 is 11.6 Å². The number of carbonyl (C=O) groups is 1. The van der Waals surface area contributed by atoms with Crippen molar-refractivity contribution in [2.45, 2.75) is 20.3 Å². The molecule has 0 aliphatic heterocycles. The molecule has 1 aromatic carbocycles. The third kappa shape index (κ3) is 3.89. The summed E-state index contributed by atoms with van der Waals surface area (Å²) in [5.41, 5.74) is 8.90. The van der Waals surface area contributed by atoms with E-state index in [1.54, 1.807) is 11.0 Å². The Balaban J connectivity index is 2.33. The van der Waals surface area contributed by atoms with Gasteiger partial charge in [0.1, 0.15) is 5.69 Å². The molecule has 21 heavy (non-hydrogen) atoms. The van der Waals surface area contributed by atoms with E-state index in [0.717, 1.165) is 23.4 Å². The van der Waals surface area contributed by atoms with E-state index in [9.17, 15) is 4.79 Å².